The van der Waals surface area contributed by atoms with E-state index in [1.165, 1.54) is 22.7 Å². The van der Waals surface area contributed by atoms with Crippen LogP contribution in [-0.4, -0.2) is 23.5 Å². The molecule has 1 N–H and O–H groups in total. The minimum Gasteiger partial charge on any atom is -0.451 e. The molecule has 0 aliphatic heterocycles. The molecule has 2 heterocycles. The molecule has 0 aliphatic rings. The van der Waals surface area contributed by atoms with Gasteiger partial charge in [0.15, 0.2) is 11.7 Å². The number of benzene rings is 1. The van der Waals surface area contributed by atoms with E-state index in [1.807, 2.05) is 18.2 Å². The first-order valence-electron chi connectivity index (χ1n) is 6.84. The van der Waals surface area contributed by atoms with Gasteiger partial charge in [0.25, 0.3) is 5.91 Å². The van der Waals surface area contributed by atoms with Crippen molar-refractivity contribution in [1.82, 2.24) is 4.98 Å². The third kappa shape index (κ3) is 4.00. The van der Waals surface area contributed by atoms with Crippen LogP contribution in [0.25, 0.3) is 11.3 Å². The molecule has 0 unspecified atom stereocenters. The smallest absolute Gasteiger partial charge is 0.348 e. The Hall–Kier alpha value is -2.22. The van der Waals surface area contributed by atoms with Crippen molar-refractivity contribution in [3.63, 3.8) is 0 Å². The normalized spacial score (nSPS) is 10.4. The molecule has 0 spiro atoms. The fourth-order valence-corrected chi connectivity index (χ4v) is 3.45. The van der Waals surface area contributed by atoms with Crippen molar-refractivity contribution in [1.29, 1.82) is 0 Å². The van der Waals surface area contributed by atoms with Gasteiger partial charge < -0.3 is 4.74 Å². The zero-order valence-corrected chi connectivity index (χ0v) is 14.6. The molecule has 0 saturated heterocycles. The Morgan fingerprint density at radius 3 is 2.75 bits per heavy atom. The minimum absolute atomic E-state index is 0.363. The second kappa shape index (κ2) is 7.57. The van der Waals surface area contributed by atoms with Crippen molar-refractivity contribution in [2.75, 3.05) is 11.9 Å². The Morgan fingerprint density at radius 1 is 1.17 bits per heavy atom. The van der Waals surface area contributed by atoms with E-state index in [9.17, 15) is 9.59 Å². The van der Waals surface area contributed by atoms with Gasteiger partial charge >= 0.3 is 5.97 Å². The van der Waals surface area contributed by atoms with Gasteiger partial charge in [-0.1, -0.05) is 35.9 Å². The summed E-state index contributed by atoms with van der Waals surface area (Å²) in [6.07, 6.45) is 0. The van der Waals surface area contributed by atoms with Gasteiger partial charge in [-0.2, -0.15) is 0 Å². The molecule has 24 heavy (non-hydrogen) atoms. The van der Waals surface area contributed by atoms with Gasteiger partial charge in [-0.25, -0.2) is 9.78 Å². The molecule has 0 saturated carbocycles. The van der Waals surface area contributed by atoms with E-state index in [0.29, 0.717) is 20.7 Å². The van der Waals surface area contributed by atoms with E-state index in [4.69, 9.17) is 16.3 Å². The van der Waals surface area contributed by atoms with Crippen molar-refractivity contribution in [3.05, 3.63) is 57.1 Å². The number of nitrogens with zero attached hydrogens (tertiary/aromatic N) is 1. The summed E-state index contributed by atoms with van der Waals surface area (Å²) in [6, 6.07) is 10.7. The Labute approximate surface area is 150 Å². The van der Waals surface area contributed by atoms with Crippen LogP contribution in [0.5, 0.6) is 0 Å². The summed E-state index contributed by atoms with van der Waals surface area (Å²) in [6.45, 7) is -0.363. The molecule has 8 heteroatoms. The SMILES string of the molecule is O=C(COC(=O)c1cccs1)Nc1nc(-c2ccccc2Cl)cs1. The van der Waals surface area contributed by atoms with Crippen LogP contribution in [0.3, 0.4) is 0 Å². The van der Waals surface area contributed by atoms with Crippen LogP contribution in [0.15, 0.2) is 47.2 Å². The van der Waals surface area contributed by atoms with Gasteiger partial charge in [0.2, 0.25) is 0 Å². The van der Waals surface area contributed by atoms with Crippen LogP contribution in [-0.2, 0) is 9.53 Å². The molecular formula is C16H11ClN2O3S2. The van der Waals surface area contributed by atoms with Gasteiger partial charge in [-0.3, -0.25) is 10.1 Å². The number of carbonyl (C=O) groups is 2. The second-order valence-electron chi connectivity index (χ2n) is 4.62. The summed E-state index contributed by atoms with van der Waals surface area (Å²) >= 11 is 8.66. The lowest BCUT2D eigenvalue weighted by atomic mass is 10.2. The first kappa shape index (κ1) is 16.6. The average Bonchev–Trinajstić information content (AvgIpc) is 3.25. The van der Waals surface area contributed by atoms with Crippen LogP contribution in [0, 0.1) is 0 Å². The van der Waals surface area contributed by atoms with E-state index in [2.05, 4.69) is 10.3 Å². The third-order valence-corrected chi connectivity index (χ3v) is 4.89. The molecule has 0 aliphatic carbocycles. The summed E-state index contributed by atoms with van der Waals surface area (Å²) < 4.78 is 4.95. The molecule has 1 amide bonds. The first-order valence-corrected chi connectivity index (χ1v) is 8.98. The number of carbonyl (C=O) groups excluding carboxylic acids is 2. The van der Waals surface area contributed by atoms with Gasteiger partial charge in [0, 0.05) is 16.0 Å². The molecule has 1 aromatic carbocycles. The summed E-state index contributed by atoms with van der Waals surface area (Å²) in [7, 11) is 0. The summed E-state index contributed by atoms with van der Waals surface area (Å²) in [4.78, 5) is 28.3. The number of aromatic nitrogens is 1. The Morgan fingerprint density at radius 2 is 2.00 bits per heavy atom. The molecule has 0 radical (unpaired) electrons. The average molecular weight is 379 g/mol. The molecule has 5 nitrogen and oxygen atoms in total. The first-order chi connectivity index (χ1) is 11.6. The zero-order valence-electron chi connectivity index (χ0n) is 12.2. The van der Waals surface area contributed by atoms with Crippen molar-refractivity contribution < 1.29 is 14.3 Å². The standard InChI is InChI=1S/C16H11ClN2O3S2/c17-11-5-2-1-4-10(11)12-9-24-16(18-12)19-14(20)8-22-15(21)13-6-3-7-23-13/h1-7,9H,8H2,(H,18,19,20). The molecule has 122 valence electrons. The number of ether oxygens (including phenoxy) is 1. The predicted molar refractivity (Wildman–Crippen MR) is 95.8 cm³/mol. The third-order valence-electron chi connectivity index (χ3n) is 2.96. The van der Waals surface area contributed by atoms with Crippen molar-refractivity contribution in [3.8, 4) is 11.3 Å². The summed E-state index contributed by atoms with van der Waals surface area (Å²) in [5.41, 5.74) is 1.47. The molecular weight excluding hydrogens is 368 g/mol. The number of rotatable bonds is 5. The monoisotopic (exact) mass is 378 g/mol. The number of hydrogen-bond donors (Lipinski definition) is 1. The highest BCUT2D eigenvalue weighted by Gasteiger charge is 2.13. The minimum atomic E-state index is -0.518. The molecule has 3 rings (SSSR count). The maximum atomic E-state index is 11.9. The van der Waals surface area contributed by atoms with Crippen molar-refractivity contribution in [2.24, 2.45) is 0 Å². The largest absolute Gasteiger partial charge is 0.451 e. The zero-order chi connectivity index (χ0) is 16.9. The van der Waals surface area contributed by atoms with E-state index < -0.39 is 11.9 Å². The Bertz CT molecular complexity index is 862. The van der Waals surface area contributed by atoms with Crippen LogP contribution in [0.1, 0.15) is 9.67 Å². The molecule has 0 bridgehead atoms. The van der Waals surface area contributed by atoms with E-state index in [-0.39, 0.29) is 6.61 Å². The van der Waals surface area contributed by atoms with E-state index >= 15 is 0 Å². The maximum absolute atomic E-state index is 11.9. The number of thiazole rings is 1. The summed E-state index contributed by atoms with van der Waals surface area (Å²) in [5.74, 6) is -0.962. The van der Waals surface area contributed by atoms with Crippen LogP contribution >= 0.6 is 34.3 Å². The number of anilines is 1. The Kier molecular flexibility index (Phi) is 5.24. The molecule has 0 atom stereocenters. The number of amides is 1. The van der Waals surface area contributed by atoms with E-state index in [0.717, 1.165) is 5.56 Å². The molecule has 0 fully saturated rings. The second-order valence-corrected chi connectivity index (χ2v) is 6.83. The highest BCUT2D eigenvalue weighted by atomic mass is 35.5. The van der Waals surface area contributed by atoms with Crippen molar-refractivity contribution >= 4 is 51.3 Å². The summed E-state index contributed by atoms with van der Waals surface area (Å²) in [5, 5.41) is 7.18. The number of nitrogens with one attached hydrogen (secondary N) is 1. The molecule has 2 aromatic heterocycles. The van der Waals surface area contributed by atoms with Crippen LogP contribution < -0.4 is 5.32 Å². The lowest BCUT2D eigenvalue weighted by Gasteiger charge is -2.03. The highest BCUT2D eigenvalue weighted by molar-refractivity contribution is 7.14. The van der Waals surface area contributed by atoms with Gasteiger partial charge in [-0.15, -0.1) is 22.7 Å². The number of thiophene rings is 1. The number of esters is 1. The topological polar surface area (TPSA) is 68.3 Å². The van der Waals surface area contributed by atoms with Crippen molar-refractivity contribution in [2.45, 2.75) is 0 Å². The molecule has 3 aromatic rings. The fraction of sp³-hybridized carbons (Fsp3) is 0.0625. The Balaban J connectivity index is 1.58. The van der Waals surface area contributed by atoms with Gasteiger partial charge in [0.05, 0.1) is 5.69 Å². The highest BCUT2D eigenvalue weighted by Crippen LogP contribution is 2.30. The van der Waals surface area contributed by atoms with Crippen LogP contribution in [0.4, 0.5) is 5.13 Å². The quantitative estimate of drug-likeness (QED) is 0.671. The van der Waals surface area contributed by atoms with Gasteiger partial charge in [0.1, 0.15) is 4.88 Å². The lowest BCUT2D eigenvalue weighted by molar-refractivity contribution is -0.119. The van der Waals surface area contributed by atoms with Gasteiger partial charge in [-0.05, 0) is 17.5 Å². The van der Waals surface area contributed by atoms with Crippen LogP contribution in [0.2, 0.25) is 5.02 Å². The fourth-order valence-electron chi connectivity index (χ4n) is 1.88. The predicted octanol–water partition coefficient (Wildman–Crippen LogP) is 4.32. The number of halogens is 1. The number of hydrogen-bond acceptors (Lipinski definition) is 6. The lowest BCUT2D eigenvalue weighted by Crippen LogP contribution is -2.20. The maximum Gasteiger partial charge on any atom is 0.348 e. The van der Waals surface area contributed by atoms with E-state index in [1.54, 1.807) is 29.0 Å².